The summed E-state index contributed by atoms with van der Waals surface area (Å²) >= 11 is 0. The van der Waals surface area contributed by atoms with Crippen molar-refractivity contribution in [1.29, 1.82) is 5.26 Å². The predicted octanol–water partition coefficient (Wildman–Crippen LogP) is 2.54. The molecule has 3 atom stereocenters. The number of rotatable bonds is 3. The molecule has 2 aliphatic rings. The number of nitrogens with zero attached hydrogens (tertiary/aromatic N) is 4. The second-order valence-corrected chi connectivity index (χ2v) is 7.28. The maximum Gasteiger partial charge on any atom is 0.407 e. The fraction of sp³-hybridized carbons (Fsp3) is 0.429. The highest BCUT2D eigenvalue weighted by molar-refractivity contribution is 5.67. The Labute approximate surface area is 174 Å². The lowest BCUT2D eigenvalue weighted by Crippen LogP contribution is -2.51. The van der Waals surface area contributed by atoms with Gasteiger partial charge in [-0.1, -0.05) is 0 Å². The molecule has 0 radical (unpaired) electrons. The normalized spacial score (nSPS) is 24.3. The molecule has 2 aliphatic heterocycles. The molecule has 0 saturated carbocycles. The Morgan fingerprint density at radius 2 is 1.70 bits per heavy atom. The lowest BCUT2D eigenvalue weighted by molar-refractivity contribution is -0.0505. The summed E-state index contributed by atoms with van der Waals surface area (Å²) < 4.78 is 10.1. The molecule has 0 spiro atoms. The summed E-state index contributed by atoms with van der Waals surface area (Å²) in [6, 6.07) is 5.12. The van der Waals surface area contributed by atoms with Crippen LogP contribution in [0.2, 0.25) is 0 Å². The molecule has 2 bridgehead atoms. The van der Waals surface area contributed by atoms with Crippen molar-refractivity contribution in [2.75, 3.05) is 14.2 Å². The molecule has 30 heavy (non-hydrogen) atoms. The summed E-state index contributed by atoms with van der Waals surface area (Å²) in [6.45, 7) is 0. The number of hydrogen-bond donors (Lipinski definition) is 2. The summed E-state index contributed by atoms with van der Waals surface area (Å²) in [7, 11) is 3.06. The van der Waals surface area contributed by atoms with E-state index in [1.54, 1.807) is 37.8 Å². The first kappa shape index (κ1) is 21.3. The Balaban J connectivity index is 0.000000216. The third-order valence-electron chi connectivity index (χ3n) is 5.62. The second-order valence-electron chi connectivity index (χ2n) is 7.28. The number of carboxylic acid groups (broad SMARTS) is 1. The molecule has 9 heteroatoms. The van der Waals surface area contributed by atoms with Gasteiger partial charge >= 0.3 is 6.09 Å². The van der Waals surface area contributed by atoms with Crippen LogP contribution in [-0.4, -0.2) is 57.5 Å². The van der Waals surface area contributed by atoms with Gasteiger partial charge in [0.25, 0.3) is 0 Å². The molecule has 2 saturated heterocycles. The molecule has 0 aromatic carbocycles. The van der Waals surface area contributed by atoms with Gasteiger partial charge in [-0.2, -0.15) is 5.26 Å². The lowest BCUT2D eigenvalue weighted by atomic mass is 9.80. The van der Waals surface area contributed by atoms with Crippen LogP contribution in [0.1, 0.15) is 36.8 Å². The molecule has 9 nitrogen and oxygen atoms in total. The van der Waals surface area contributed by atoms with Crippen molar-refractivity contribution < 1.29 is 24.5 Å². The zero-order valence-electron chi connectivity index (χ0n) is 16.9. The van der Waals surface area contributed by atoms with Gasteiger partial charge in [0, 0.05) is 42.9 Å². The third kappa shape index (κ3) is 4.14. The van der Waals surface area contributed by atoms with Gasteiger partial charge in [0.1, 0.15) is 11.8 Å². The van der Waals surface area contributed by atoms with Crippen LogP contribution in [0.4, 0.5) is 4.79 Å². The van der Waals surface area contributed by atoms with Crippen molar-refractivity contribution in [3.63, 3.8) is 0 Å². The molecule has 4 rings (SSSR count). The Hall–Kier alpha value is -3.38. The van der Waals surface area contributed by atoms with E-state index in [0.29, 0.717) is 35.5 Å². The van der Waals surface area contributed by atoms with Gasteiger partial charge in [-0.3, -0.25) is 9.97 Å². The molecule has 1 amide bonds. The lowest BCUT2D eigenvalue weighted by Gasteiger charge is -2.43. The Kier molecular flexibility index (Phi) is 6.37. The van der Waals surface area contributed by atoms with Crippen molar-refractivity contribution in [2.24, 2.45) is 0 Å². The number of fused-ring (bicyclic) bond motifs is 2. The highest BCUT2D eigenvalue weighted by atomic mass is 16.5. The van der Waals surface area contributed by atoms with Crippen LogP contribution >= 0.6 is 0 Å². The largest absolute Gasteiger partial charge is 0.495 e. The monoisotopic (exact) mass is 412 g/mol. The quantitative estimate of drug-likeness (QED) is 0.787. The van der Waals surface area contributed by atoms with Gasteiger partial charge in [-0.15, -0.1) is 0 Å². The van der Waals surface area contributed by atoms with Crippen LogP contribution in [0.3, 0.4) is 0 Å². The van der Waals surface area contributed by atoms with Crippen molar-refractivity contribution in [2.45, 2.75) is 43.4 Å². The second kappa shape index (κ2) is 8.97. The fourth-order valence-corrected chi connectivity index (χ4v) is 4.32. The van der Waals surface area contributed by atoms with E-state index < -0.39 is 11.7 Å². The molecule has 2 N–H and O–H groups in total. The van der Waals surface area contributed by atoms with E-state index >= 15 is 0 Å². The first-order valence-electron chi connectivity index (χ1n) is 9.53. The molecule has 2 aromatic heterocycles. The van der Waals surface area contributed by atoms with E-state index in [4.69, 9.17) is 14.7 Å². The minimum atomic E-state index is -1.04. The number of piperidine rings is 1. The van der Waals surface area contributed by atoms with Crippen molar-refractivity contribution in [3.8, 4) is 17.6 Å². The van der Waals surface area contributed by atoms with Crippen LogP contribution < -0.4 is 9.47 Å². The average Bonchev–Trinajstić information content (AvgIpc) is 3.06. The smallest absolute Gasteiger partial charge is 0.407 e. The van der Waals surface area contributed by atoms with Gasteiger partial charge in [0.15, 0.2) is 5.75 Å². The standard InChI is InChI=1S/C14H18N2O4.C7H6N2O/c1-20-12-8-15-5-4-11(12)14(19)6-9-2-3-10(7-14)16(9)13(17)18;1-10-7-5-9-3-2-6(7)4-8/h4-5,8-10,19H,2-3,6-7H2,1H3,(H,17,18);2-3,5H,1H3/t9-,10+,14+;. The van der Waals surface area contributed by atoms with Crippen LogP contribution in [0.5, 0.6) is 11.5 Å². The minimum Gasteiger partial charge on any atom is -0.495 e. The van der Waals surface area contributed by atoms with E-state index in [-0.39, 0.29) is 12.1 Å². The molecule has 4 heterocycles. The zero-order valence-corrected chi connectivity index (χ0v) is 16.9. The summed E-state index contributed by atoms with van der Waals surface area (Å²) in [5.74, 6) is 1.07. The third-order valence-corrected chi connectivity index (χ3v) is 5.62. The molecule has 158 valence electrons. The van der Waals surface area contributed by atoms with E-state index in [9.17, 15) is 15.0 Å². The highest BCUT2D eigenvalue weighted by Crippen LogP contribution is 2.47. The van der Waals surface area contributed by atoms with Crippen molar-refractivity contribution in [1.82, 2.24) is 14.9 Å². The predicted molar refractivity (Wildman–Crippen MR) is 106 cm³/mol. The number of amides is 1. The summed E-state index contributed by atoms with van der Waals surface area (Å²) in [6.07, 6.45) is 7.84. The van der Waals surface area contributed by atoms with E-state index in [1.165, 1.54) is 18.2 Å². The van der Waals surface area contributed by atoms with Crippen LogP contribution in [-0.2, 0) is 5.60 Å². The molecule has 2 fully saturated rings. The maximum absolute atomic E-state index is 11.3. The van der Waals surface area contributed by atoms with Crippen LogP contribution in [0.25, 0.3) is 0 Å². The number of ether oxygens (including phenoxy) is 2. The fourth-order valence-electron chi connectivity index (χ4n) is 4.32. The van der Waals surface area contributed by atoms with E-state index in [0.717, 1.165) is 12.8 Å². The van der Waals surface area contributed by atoms with Gasteiger partial charge in [0.05, 0.1) is 37.8 Å². The number of aliphatic hydroxyl groups is 1. The summed E-state index contributed by atoms with van der Waals surface area (Å²) in [5, 5.41) is 28.8. The van der Waals surface area contributed by atoms with Crippen molar-refractivity contribution in [3.05, 3.63) is 48.0 Å². The van der Waals surface area contributed by atoms with Crippen molar-refractivity contribution >= 4 is 6.09 Å². The van der Waals surface area contributed by atoms with Crippen LogP contribution in [0.15, 0.2) is 36.9 Å². The Morgan fingerprint density at radius 1 is 1.13 bits per heavy atom. The molecular formula is C21H24N4O5. The molecular weight excluding hydrogens is 388 g/mol. The van der Waals surface area contributed by atoms with Gasteiger partial charge in [-0.25, -0.2) is 4.79 Å². The highest BCUT2D eigenvalue weighted by Gasteiger charge is 2.51. The first-order valence-corrected chi connectivity index (χ1v) is 9.53. The number of carbonyl (C=O) groups is 1. The number of pyridine rings is 2. The maximum atomic E-state index is 11.3. The Bertz CT molecular complexity index is 931. The van der Waals surface area contributed by atoms with Crippen LogP contribution in [0, 0.1) is 11.3 Å². The first-order chi connectivity index (χ1) is 14.4. The average molecular weight is 412 g/mol. The number of nitriles is 1. The molecule has 0 unspecified atom stereocenters. The van der Waals surface area contributed by atoms with E-state index in [1.807, 2.05) is 6.07 Å². The molecule has 0 aliphatic carbocycles. The summed E-state index contributed by atoms with van der Waals surface area (Å²) in [4.78, 5) is 20.6. The minimum absolute atomic E-state index is 0.117. The van der Waals surface area contributed by atoms with Gasteiger partial charge in [0.2, 0.25) is 0 Å². The zero-order chi connectivity index (χ0) is 21.7. The number of methoxy groups -OCH3 is 2. The molecule has 2 aromatic rings. The SMILES string of the molecule is COc1cnccc1C#N.COc1cnccc1[C@]1(O)C[C@H]2CC[C@@H](C1)N2C(=O)O. The van der Waals surface area contributed by atoms with Gasteiger partial charge < -0.3 is 24.6 Å². The number of aromatic nitrogens is 2. The Morgan fingerprint density at radius 3 is 2.20 bits per heavy atom. The van der Waals surface area contributed by atoms with E-state index in [2.05, 4.69) is 9.97 Å². The number of hydrogen-bond acceptors (Lipinski definition) is 7. The summed E-state index contributed by atoms with van der Waals surface area (Å²) in [5.41, 5.74) is 0.181. The topological polar surface area (TPSA) is 129 Å². The van der Waals surface area contributed by atoms with Gasteiger partial charge in [-0.05, 0) is 25.0 Å².